The summed E-state index contributed by atoms with van der Waals surface area (Å²) in [5, 5.41) is 16.2. The Morgan fingerprint density at radius 3 is 2.54 bits per heavy atom. The Bertz CT molecular complexity index is 717. The molecule has 24 heavy (non-hydrogen) atoms. The molecule has 2 aromatic rings. The van der Waals surface area contributed by atoms with Gasteiger partial charge >= 0.3 is 0 Å². The summed E-state index contributed by atoms with van der Waals surface area (Å²) < 4.78 is 13.9. The van der Waals surface area contributed by atoms with E-state index in [2.05, 4.69) is 26.6 Å². The number of benzene rings is 2. The molecule has 0 aliphatic rings. The Balaban J connectivity index is 1.87. The van der Waals surface area contributed by atoms with E-state index in [0.717, 1.165) is 15.7 Å². The quantitative estimate of drug-likeness (QED) is 0.703. The molecule has 0 aliphatic heterocycles. The number of hydrogen-bond acceptors (Lipinski definition) is 3. The van der Waals surface area contributed by atoms with Crippen molar-refractivity contribution in [1.29, 1.82) is 0 Å². The molecule has 1 amide bonds. The number of anilines is 1. The van der Waals surface area contributed by atoms with Crippen molar-refractivity contribution in [2.45, 2.75) is 19.4 Å². The second kappa shape index (κ2) is 7.77. The minimum Gasteiger partial charge on any atom is -0.384 e. The largest absolute Gasteiger partial charge is 0.384 e. The number of aliphatic hydroxyl groups is 1. The first-order valence-electron chi connectivity index (χ1n) is 7.53. The minimum atomic E-state index is -1.27. The molecule has 0 saturated carbocycles. The molecule has 0 saturated heterocycles. The third-order valence-corrected chi connectivity index (χ3v) is 4.22. The van der Waals surface area contributed by atoms with Crippen LogP contribution in [0.3, 0.4) is 0 Å². The second-order valence-electron chi connectivity index (χ2n) is 5.87. The third-order valence-electron chi connectivity index (χ3n) is 3.72. The second-order valence-corrected chi connectivity index (χ2v) is 6.79. The van der Waals surface area contributed by atoms with Crippen LogP contribution in [0.4, 0.5) is 10.1 Å². The maximum atomic E-state index is 12.9. The van der Waals surface area contributed by atoms with Crippen LogP contribution in [-0.2, 0) is 10.4 Å². The normalized spacial score (nSPS) is 13.2. The average Bonchev–Trinajstić information content (AvgIpc) is 2.52. The van der Waals surface area contributed by atoms with E-state index < -0.39 is 5.60 Å². The third kappa shape index (κ3) is 5.04. The van der Waals surface area contributed by atoms with Gasteiger partial charge in [0.05, 0.1) is 13.1 Å². The predicted molar refractivity (Wildman–Crippen MR) is 96.3 cm³/mol. The lowest BCUT2D eigenvalue weighted by Crippen LogP contribution is -2.40. The van der Waals surface area contributed by atoms with Crippen LogP contribution in [0.25, 0.3) is 0 Å². The van der Waals surface area contributed by atoms with Gasteiger partial charge in [-0.2, -0.15) is 0 Å². The van der Waals surface area contributed by atoms with Gasteiger partial charge in [-0.15, -0.1) is 0 Å². The Labute approximate surface area is 149 Å². The Morgan fingerprint density at radius 1 is 1.25 bits per heavy atom. The molecule has 0 aromatic heterocycles. The maximum Gasteiger partial charge on any atom is 0.239 e. The summed E-state index contributed by atoms with van der Waals surface area (Å²) in [5.74, 6) is -0.604. The molecule has 0 unspecified atom stereocenters. The number of nitrogens with one attached hydrogen (secondary N) is 2. The summed E-state index contributed by atoms with van der Waals surface area (Å²) >= 11 is 3.39. The fourth-order valence-electron chi connectivity index (χ4n) is 2.25. The summed E-state index contributed by atoms with van der Waals surface area (Å²) in [4.78, 5) is 12.0. The van der Waals surface area contributed by atoms with E-state index in [4.69, 9.17) is 0 Å². The summed E-state index contributed by atoms with van der Waals surface area (Å²) in [6, 6.07) is 11.3. The van der Waals surface area contributed by atoms with Crippen LogP contribution in [0.1, 0.15) is 18.1 Å². The molecular weight excluding hydrogens is 375 g/mol. The highest BCUT2D eigenvalue weighted by molar-refractivity contribution is 9.10. The number of amides is 1. The topological polar surface area (TPSA) is 61.4 Å². The molecule has 0 spiro atoms. The van der Waals surface area contributed by atoms with Crippen molar-refractivity contribution in [3.63, 3.8) is 0 Å². The van der Waals surface area contributed by atoms with Crippen LogP contribution < -0.4 is 10.6 Å². The fraction of sp³-hybridized carbons (Fsp3) is 0.278. The van der Waals surface area contributed by atoms with Crippen LogP contribution in [0.5, 0.6) is 0 Å². The Hall–Kier alpha value is -1.92. The molecule has 0 aliphatic carbocycles. The van der Waals surface area contributed by atoms with Crippen LogP contribution in [0, 0.1) is 12.7 Å². The highest BCUT2D eigenvalue weighted by Crippen LogP contribution is 2.21. The van der Waals surface area contributed by atoms with Gasteiger partial charge in [0.1, 0.15) is 11.4 Å². The van der Waals surface area contributed by atoms with Crippen molar-refractivity contribution in [3.05, 3.63) is 63.9 Å². The maximum absolute atomic E-state index is 12.9. The number of carbonyl (C=O) groups excluding carboxylic acids is 1. The van der Waals surface area contributed by atoms with Gasteiger partial charge in [0.25, 0.3) is 0 Å². The highest BCUT2D eigenvalue weighted by atomic mass is 79.9. The Kier molecular flexibility index (Phi) is 5.96. The molecule has 0 heterocycles. The molecule has 0 bridgehead atoms. The van der Waals surface area contributed by atoms with E-state index in [0.29, 0.717) is 5.56 Å². The van der Waals surface area contributed by atoms with Crippen LogP contribution in [0.2, 0.25) is 0 Å². The smallest absolute Gasteiger partial charge is 0.239 e. The van der Waals surface area contributed by atoms with Crippen molar-refractivity contribution in [1.82, 2.24) is 5.32 Å². The van der Waals surface area contributed by atoms with Gasteiger partial charge in [0.2, 0.25) is 5.91 Å². The predicted octanol–water partition coefficient (Wildman–Crippen LogP) is 3.33. The van der Waals surface area contributed by atoms with Crippen molar-refractivity contribution in [3.8, 4) is 0 Å². The zero-order valence-electron chi connectivity index (χ0n) is 13.6. The molecule has 2 rings (SSSR count). The molecule has 6 heteroatoms. The van der Waals surface area contributed by atoms with Gasteiger partial charge in [-0.1, -0.05) is 28.1 Å². The van der Waals surface area contributed by atoms with Crippen LogP contribution in [0.15, 0.2) is 46.9 Å². The van der Waals surface area contributed by atoms with Crippen molar-refractivity contribution in [2.24, 2.45) is 0 Å². The molecule has 2 aromatic carbocycles. The first-order valence-corrected chi connectivity index (χ1v) is 8.32. The monoisotopic (exact) mass is 394 g/mol. The van der Waals surface area contributed by atoms with Crippen molar-refractivity contribution < 1.29 is 14.3 Å². The van der Waals surface area contributed by atoms with E-state index in [1.807, 2.05) is 25.1 Å². The molecule has 3 N–H and O–H groups in total. The van der Waals surface area contributed by atoms with Gasteiger partial charge in [0, 0.05) is 10.2 Å². The molecule has 0 fully saturated rings. The van der Waals surface area contributed by atoms with Gasteiger partial charge in [0.15, 0.2) is 0 Å². The highest BCUT2D eigenvalue weighted by Gasteiger charge is 2.23. The number of rotatable bonds is 6. The van der Waals surface area contributed by atoms with Gasteiger partial charge < -0.3 is 15.7 Å². The minimum absolute atomic E-state index is 0.0401. The van der Waals surface area contributed by atoms with E-state index in [1.165, 1.54) is 24.3 Å². The van der Waals surface area contributed by atoms with Crippen molar-refractivity contribution >= 4 is 27.5 Å². The van der Waals surface area contributed by atoms with Gasteiger partial charge in [-0.05, 0) is 55.3 Å². The summed E-state index contributed by atoms with van der Waals surface area (Å²) in [5.41, 5.74) is 1.17. The standard InChI is InChI=1S/C18H20BrFN2O2/c1-12-9-14(19)5-8-16(12)21-10-17(23)22-11-18(2,24)13-3-6-15(20)7-4-13/h3-9,21,24H,10-11H2,1-2H3,(H,22,23)/t18-/m1/s1. The fourth-order valence-corrected chi connectivity index (χ4v) is 2.72. The molecule has 1 atom stereocenters. The lowest BCUT2D eigenvalue weighted by molar-refractivity contribution is -0.120. The lowest BCUT2D eigenvalue weighted by Gasteiger charge is -2.24. The molecule has 128 valence electrons. The van der Waals surface area contributed by atoms with E-state index in [-0.39, 0.29) is 24.8 Å². The number of carbonyl (C=O) groups is 1. The van der Waals surface area contributed by atoms with Crippen LogP contribution >= 0.6 is 15.9 Å². The summed E-state index contributed by atoms with van der Waals surface area (Å²) in [7, 11) is 0. The number of aryl methyl sites for hydroxylation is 1. The summed E-state index contributed by atoms with van der Waals surface area (Å²) in [6.07, 6.45) is 0. The van der Waals surface area contributed by atoms with E-state index >= 15 is 0 Å². The first-order chi connectivity index (χ1) is 11.3. The van der Waals surface area contributed by atoms with Gasteiger partial charge in [-0.25, -0.2) is 4.39 Å². The van der Waals surface area contributed by atoms with E-state index in [9.17, 15) is 14.3 Å². The number of hydrogen-bond donors (Lipinski definition) is 3. The molecule has 0 radical (unpaired) electrons. The number of halogens is 2. The van der Waals surface area contributed by atoms with Crippen molar-refractivity contribution in [2.75, 3.05) is 18.4 Å². The van der Waals surface area contributed by atoms with Gasteiger partial charge in [-0.3, -0.25) is 4.79 Å². The first kappa shape index (κ1) is 18.4. The Morgan fingerprint density at radius 2 is 1.92 bits per heavy atom. The molecule has 4 nitrogen and oxygen atoms in total. The van der Waals surface area contributed by atoms with Crippen LogP contribution in [-0.4, -0.2) is 24.1 Å². The summed E-state index contributed by atoms with van der Waals surface area (Å²) in [6.45, 7) is 3.66. The zero-order valence-corrected chi connectivity index (χ0v) is 15.2. The lowest BCUT2D eigenvalue weighted by atomic mass is 9.96. The molecular formula is C18H20BrFN2O2. The average molecular weight is 395 g/mol. The van der Waals surface area contributed by atoms with E-state index in [1.54, 1.807) is 6.92 Å². The SMILES string of the molecule is Cc1cc(Br)ccc1NCC(=O)NC[C@@](C)(O)c1ccc(F)cc1. The zero-order chi connectivity index (χ0) is 17.7.